The first kappa shape index (κ1) is 26.7. The minimum absolute atomic E-state index is 0.675. The monoisotopic (exact) mass is 495 g/mol. The van der Waals surface area contributed by atoms with Crippen LogP contribution in [0.1, 0.15) is 57.7 Å². The minimum atomic E-state index is 0.675. The zero-order valence-electron chi connectivity index (χ0n) is 22.7. The van der Waals surface area contributed by atoms with Gasteiger partial charge in [-0.3, -0.25) is 4.90 Å². The van der Waals surface area contributed by atoms with E-state index in [2.05, 4.69) is 115 Å². The van der Waals surface area contributed by atoms with E-state index in [1.54, 1.807) is 0 Å². The number of ether oxygens (including phenoxy) is 1. The molecule has 0 N–H and O–H groups in total. The molecule has 0 radical (unpaired) electrons. The number of aromatic nitrogens is 2. The Labute approximate surface area is 222 Å². The molecule has 0 bridgehead atoms. The van der Waals surface area contributed by atoms with Crippen molar-refractivity contribution in [2.45, 2.75) is 66.1 Å². The third-order valence-corrected chi connectivity index (χ3v) is 6.75. The van der Waals surface area contributed by atoms with Gasteiger partial charge in [0.25, 0.3) is 0 Å². The van der Waals surface area contributed by atoms with Gasteiger partial charge in [0.15, 0.2) is 0 Å². The summed E-state index contributed by atoms with van der Waals surface area (Å²) in [5.41, 5.74) is 5.97. The lowest BCUT2D eigenvalue weighted by molar-refractivity contribution is 0.240. The topological polar surface area (TPSA) is 30.3 Å². The maximum Gasteiger partial charge on any atom is 0.140 e. The molecule has 37 heavy (non-hydrogen) atoms. The van der Waals surface area contributed by atoms with E-state index in [0.717, 1.165) is 62.7 Å². The molecule has 0 amide bonds. The highest BCUT2D eigenvalue weighted by atomic mass is 16.5. The van der Waals surface area contributed by atoms with Gasteiger partial charge >= 0.3 is 0 Å². The summed E-state index contributed by atoms with van der Waals surface area (Å²) in [4.78, 5) is 7.87. The fraction of sp³-hybridized carbons (Fsp3) is 0.364. The number of rotatable bonds is 14. The lowest BCUT2D eigenvalue weighted by atomic mass is 10.1. The molecule has 0 aliphatic heterocycles. The second-order valence-corrected chi connectivity index (χ2v) is 9.57. The zero-order chi connectivity index (χ0) is 25.9. The number of hydrogen-bond acceptors (Lipinski definition) is 3. The van der Waals surface area contributed by atoms with Gasteiger partial charge in [-0.25, -0.2) is 4.98 Å². The van der Waals surface area contributed by atoms with Crippen LogP contribution in [0.25, 0.3) is 22.6 Å². The smallest absolute Gasteiger partial charge is 0.140 e. The largest absolute Gasteiger partial charge is 0.494 e. The molecular weight excluding hydrogens is 454 g/mol. The Morgan fingerprint density at radius 3 is 2.05 bits per heavy atom. The van der Waals surface area contributed by atoms with Crippen molar-refractivity contribution in [3.05, 3.63) is 96.2 Å². The van der Waals surface area contributed by atoms with Gasteiger partial charge in [0.1, 0.15) is 11.6 Å². The van der Waals surface area contributed by atoms with E-state index >= 15 is 0 Å². The Morgan fingerprint density at radius 1 is 0.730 bits per heavy atom. The van der Waals surface area contributed by atoms with Crippen LogP contribution in [0.5, 0.6) is 5.75 Å². The fourth-order valence-electron chi connectivity index (χ4n) is 4.82. The van der Waals surface area contributed by atoms with Crippen molar-refractivity contribution in [1.82, 2.24) is 14.5 Å². The maximum absolute atomic E-state index is 5.98. The summed E-state index contributed by atoms with van der Waals surface area (Å²) >= 11 is 0. The second-order valence-electron chi connectivity index (χ2n) is 9.57. The van der Waals surface area contributed by atoms with Gasteiger partial charge in [-0.15, -0.1) is 0 Å². The molecule has 0 saturated heterocycles. The van der Waals surface area contributed by atoms with Crippen LogP contribution in [0.4, 0.5) is 0 Å². The van der Waals surface area contributed by atoms with Gasteiger partial charge < -0.3 is 9.30 Å². The van der Waals surface area contributed by atoms with Crippen molar-refractivity contribution < 1.29 is 4.74 Å². The summed E-state index contributed by atoms with van der Waals surface area (Å²) in [6.45, 7) is 10.9. The number of benzene rings is 3. The Morgan fingerprint density at radius 2 is 1.38 bits per heavy atom. The van der Waals surface area contributed by atoms with Crippen molar-refractivity contribution in [3.8, 4) is 28.4 Å². The predicted octanol–water partition coefficient (Wildman–Crippen LogP) is 8.22. The van der Waals surface area contributed by atoms with Gasteiger partial charge in [0.2, 0.25) is 0 Å². The summed E-state index contributed by atoms with van der Waals surface area (Å²) in [6.07, 6.45) is 4.60. The highest BCUT2D eigenvalue weighted by Crippen LogP contribution is 2.32. The standard InChI is InChI=1S/C33H41N3O/c1-4-7-23-35(25-29-21-15-16-22-31(29)37-6-3)26-30-32(27-17-11-9-12-18-27)34-33(36(30)24-8-5-2)28-19-13-10-14-20-28/h9-22H,4-8,23-26H2,1-3H3. The Bertz CT molecular complexity index is 1220. The van der Waals surface area contributed by atoms with Gasteiger partial charge in [-0.1, -0.05) is 106 Å². The van der Waals surface area contributed by atoms with Crippen molar-refractivity contribution in [2.75, 3.05) is 13.2 Å². The highest BCUT2D eigenvalue weighted by molar-refractivity contribution is 5.68. The Balaban J connectivity index is 1.79. The van der Waals surface area contributed by atoms with Crippen LogP contribution in [-0.4, -0.2) is 27.6 Å². The van der Waals surface area contributed by atoms with Crippen LogP contribution < -0.4 is 4.74 Å². The quantitative estimate of drug-likeness (QED) is 0.176. The molecular formula is C33H41N3O. The van der Waals surface area contributed by atoms with Crippen LogP contribution >= 0.6 is 0 Å². The lowest BCUT2D eigenvalue weighted by Gasteiger charge is -2.25. The van der Waals surface area contributed by atoms with Crippen molar-refractivity contribution in [3.63, 3.8) is 0 Å². The summed E-state index contributed by atoms with van der Waals surface area (Å²) in [5.74, 6) is 2.05. The molecule has 4 aromatic rings. The predicted molar refractivity (Wildman–Crippen MR) is 155 cm³/mol. The number of nitrogens with zero attached hydrogens (tertiary/aromatic N) is 3. The van der Waals surface area contributed by atoms with Gasteiger partial charge in [0.05, 0.1) is 18.0 Å². The summed E-state index contributed by atoms with van der Waals surface area (Å²) < 4.78 is 8.46. The molecule has 0 aliphatic carbocycles. The van der Waals surface area contributed by atoms with Crippen LogP contribution in [0.2, 0.25) is 0 Å². The first-order chi connectivity index (χ1) is 18.2. The van der Waals surface area contributed by atoms with Crippen LogP contribution in [0, 0.1) is 0 Å². The highest BCUT2D eigenvalue weighted by Gasteiger charge is 2.22. The van der Waals surface area contributed by atoms with Crippen molar-refractivity contribution in [2.24, 2.45) is 0 Å². The normalized spacial score (nSPS) is 11.2. The molecule has 1 aromatic heterocycles. The number of imidazole rings is 1. The molecule has 0 aliphatic rings. The summed E-state index contributed by atoms with van der Waals surface area (Å²) in [7, 11) is 0. The minimum Gasteiger partial charge on any atom is -0.494 e. The van der Waals surface area contributed by atoms with E-state index in [0.29, 0.717) is 6.61 Å². The van der Waals surface area contributed by atoms with E-state index in [-0.39, 0.29) is 0 Å². The number of para-hydroxylation sites is 1. The number of hydrogen-bond donors (Lipinski definition) is 0. The molecule has 0 fully saturated rings. The number of unbranched alkanes of at least 4 members (excludes halogenated alkanes) is 2. The molecule has 4 nitrogen and oxygen atoms in total. The first-order valence-electron chi connectivity index (χ1n) is 13.9. The lowest BCUT2D eigenvalue weighted by Crippen LogP contribution is -2.26. The van der Waals surface area contributed by atoms with Crippen molar-refractivity contribution in [1.29, 1.82) is 0 Å². The summed E-state index contributed by atoms with van der Waals surface area (Å²) in [5, 5.41) is 0. The van der Waals surface area contributed by atoms with Crippen molar-refractivity contribution >= 4 is 0 Å². The van der Waals surface area contributed by atoms with Gasteiger partial charge in [0, 0.05) is 36.3 Å². The summed E-state index contributed by atoms with van der Waals surface area (Å²) in [6, 6.07) is 29.8. The third-order valence-electron chi connectivity index (χ3n) is 6.75. The van der Waals surface area contributed by atoms with E-state index in [1.807, 2.05) is 0 Å². The van der Waals surface area contributed by atoms with E-state index in [4.69, 9.17) is 9.72 Å². The van der Waals surface area contributed by atoms with E-state index in [1.165, 1.54) is 28.8 Å². The maximum atomic E-state index is 5.98. The van der Waals surface area contributed by atoms with Gasteiger partial charge in [-0.05, 0) is 32.4 Å². The molecule has 194 valence electrons. The Hall–Kier alpha value is -3.37. The molecule has 3 aromatic carbocycles. The third kappa shape index (κ3) is 6.90. The van der Waals surface area contributed by atoms with E-state index in [9.17, 15) is 0 Å². The van der Waals surface area contributed by atoms with Crippen LogP contribution in [-0.2, 0) is 19.6 Å². The van der Waals surface area contributed by atoms with E-state index < -0.39 is 0 Å². The molecule has 0 saturated carbocycles. The van der Waals surface area contributed by atoms with Crippen LogP contribution in [0.3, 0.4) is 0 Å². The molecule has 0 unspecified atom stereocenters. The molecule has 4 heteroatoms. The second kappa shape index (κ2) is 13.8. The molecule has 4 rings (SSSR count). The molecule has 0 spiro atoms. The molecule has 0 atom stereocenters. The van der Waals surface area contributed by atoms with Crippen LogP contribution in [0.15, 0.2) is 84.9 Å². The average molecular weight is 496 g/mol. The SMILES string of the molecule is CCCCN(Cc1ccccc1OCC)Cc1c(-c2ccccc2)nc(-c2ccccc2)n1CCCC. The van der Waals surface area contributed by atoms with Gasteiger partial charge in [-0.2, -0.15) is 0 Å². The average Bonchev–Trinajstić information content (AvgIpc) is 3.30. The first-order valence-corrected chi connectivity index (χ1v) is 13.9. The Kier molecular flexibility index (Phi) is 9.96. The molecule has 1 heterocycles. The zero-order valence-corrected chi connectivity index (χ0v) is 22.7. The fourth-order valence-corrected chi connectivity index (χ4v) is 4.82.